The van der Waals surface area contributed by atoms with Crippen LogP contribution in [-0.2, 0) is 12.8 Å². The van der Waals surface area contributed by atoms with Crippen molar-refractivity contribution >= 4 is 38.6 Å². The van der Waals surface area contributed by atoms with Gasteiger partial charge >= 0.3 is 6.03 Å². The maximum absolute atomic E-state index is 14.0. The highest BCUT2D eigenvalue weighted by Gasteiger charge is 2.29. The first-order valence-electron chi connectivity index (χ1n) is 14.0. The van der Waals surface area contributed by atoms with Crippen LogP contribution >= 0.6 is 15.9 Å². The van der Waals surface area contributed by atoms with Crippen LogP contribution in [-0.4, -0.2) is 27.0 Å². The molecule has 0 bridgehead atoms. The number of amides is 2. The summed E-state index contributed by atoms with van der Waals surface area (Å²) in [5.74, 6) is 0.540. The Morgan fingerprint density at radius 2 is 1.63 bits per heavy atom. The lowest BCUT2D eigenvalue weighted by atomic mass is 10.1. The van der Waals surface area contributed by atoms with E-state index in [1.165, 1.54) is 5.56 Å². The van der Waals surface area contributed by atoms with E-state index in [9.17, 15) is 9.59 Å². The number of nitrogens with one attached hydrogen (secondary N) is 1. The van der Waals surface area contributed by atoms with Crippen LogP contribution in [0.1, 0.15) is 43.3 Å². The van der Waals surface area contributed by atoms with Gasteiger partial charge in [-0.3, -0.25) is 9.36 Å². The van der Waals surface area contributed by atoms with Gasteiger partial charge in [-0.2, -0.15) is 0 Å². The molecule has 1 heterocycles. The lowest BCUT2D eigenvalue weighted by Gasteiger charge is -2.32. The Kier molecular flexibility index (Phi) is 8.95. The lowest BCUT2D eigenvalue weighted by molar-refractivity contribution is 0.182. The number of carbonyl (C=O) groups excluding carboxylic acids is 1. The van der Waals surface area contributed by atoms with Gasteiger partial charge in [0.05, 0.1) is 22.6 Å². The number of halogens is 1. The third-order valence-electron chi connectivity index (χ3n) is 7.29. The van der Waals surface area contributed by atoms with E-state index in [-0.39, 0.29) is 11.6 Å². The van der Waals surface area contributed by atoms with Crippen molar-refractivity contribution in [2.45, 2.75) is 39.2 Å². The molecular weight excluding hydrogens is 576 g/mol. The molecule has 5 aromatic rings. The van der Waals surface area contributed by atoms with Gasteiger partial charge in [0.15, 0.2) is 0 Å². The Labute approximate surface area is 248 Å². The van der Waals surface area contributed by atoms with Gasteiger partial charge in [-0.15, -0.1) is 0 Å². The zero-order valence-corrected chi connectivity index (χ0v) is 24.8. The fraction of sp³-hybridized carbons (Fsp3) is 0.206. The number of carbonyl (C=O) groups is 1. The number of para-hydroxylation sites is 1. The number of aryl methyl sites for hydroxylation is 1. The minimum atomic E-state index is -0.464. The average Bonchev–Trinajstić information content (AvgIpc) is 3.00. The van der Waals surface area contributed by atoms with Crippen molar-refractivity contribution in [1.82, 2.24) is 14.5 Å². The summed E-state index contributed by atoms with van der Waals surface area (Å²) in [5, 5.41) is 3.61. The fourth-order valence-electron chi connectivity index (χ4n) is 5.10. The molecule has 4 aromatic carbocycles. The molecule has 0 saturated heterocycles. The molecule has 0 aliphatic heterocycles. The Bertz CT molecular complexity index is 1700. The molecule has 0 aliphatic carbocycles. The van der Waals surface area contributed by atoms with Crippen molar-refractivity contribution in [2.24, 2.45) is 0 Å². The second-order valence-corrected chi connectivity index (χ2v) is 10.9. The molecule has 0 spiro atoms. The number of urea groups is 1. The summed E-state index contributed by atoms with van der Waals surface area (Å²) >= 11 is 3.49. The Hall–Kier alpha value is -4.23. The van der Waals surface area contributed by atoms with Crippen molar-refractivity contribution in [3.63, 3.8) is 0 Å². The molecule has 0 fully saturated rings. The zero-order chi connectivity index (χ0) is 28.8. The van der Waals surface area contributed by atoms with Gasteiger partial charge in [0.1, 0.15) is 5.82 Å². The van der Waals surface area contributed by atoms with E-state index in [4.69, 9.17) is 4.98 Å². The third kappa shape index (κ3) is 6.41. The van der Waals surface area contributed by atoms with Gasteiger partial charge in [0.2, 0.25) is 0 Å². The van der Waals surface area contributed by atoms with E-state index in [2.05, 4.69) is 40.3 Å². The molecule has 41 heavy (non-hydrogen) atoms. The molecule has 1 unspecified atom stereocenters. The number of benzene rings is 4. The van der Waals surface area contributed by atoms with Crippen molar-refractivity contribution in [3.8, 4) is 5.69 Å². The minimum Gasteiger partial charge on any atom is -0.314 e. The number of aromatic nitrogens is 2. The number of hydrogen-bond donors (Lipinski definition) is 1. The quantitative estimate of drug-likeness (QED) is 0.185. The van der Waals surface area contributed by atoms with Crippen LogP contribution in [0.4, 0.5) is 10.5 Å². The first-order chi connectivity index (χ1) is 20.0. The van der Waals surface area contributed by atoms with Crippen LogP contribution in [0, 0.1) is 0 Å². The van der Waals surface area contributed by atoms with E-state index < -0.39 is 6.04 Å². The van der Waals surface area contributed by atoms with Gasteiger partial charge < -0.3 is 10.2 Å². The van der Waals surface area contributed by atoms with E-state index >= 15 is 0 Å². The van der Waals surface area contributed by atoms with Crippen molar-refractivity contribution in [3.05, 3.63) is 135 Å². The molecule has 1 atom stereocenters. The minimum absolute atomic E-state index is 0.149. The highest BCUT2D eigenvalue weighted by Crippen LogP contribution is 2.28. The predicted molar refractivity (Wildman–Crippen MR) is 170 cm³/mol. The van der Waals surface area contributed by atoms with Crippen LogP contribution in [0.5, 0.6) is 0 Å². The summed E-state index contributed by atoms with van der Waals surface area (Å²) in [7, 11) is 0. The highest BCUT2D eigenvalue weighted by atomic mass is 79.9. The van der Waals surface area contributed by atoms with Gasteiger partial charge in [-0.05, 0) is 72.9 Å². The molecule has 1 N–H and O–H groups in total. The number of nitrogens with zero attached hydrogens (tertiary/aromatic N) is 3. The highest BCUT2D eigenvalue weighted by molar-refractivity contribution is 9.10. The average molecular weight is 610 g/mol. The van der Waals surface area contributed by atoms with Gasteiger partial charge in [-0.1, -0.05) is 90.4 Å². The second kappa shape index (κ2) is 13.0. The van der Waals surface area contributed by atoms with E-state index in [1.54, 1.807) is 15.5 Å². The van der Waals surface area contributed by atoms with Gasteiger partial charge in [-0.25, -0.2) is 9.78 Å². The Morgan fingerprint density at radius 3 is 2.34 bits per heavy atom. The second-order valence-electron chi connectivity index (χ2n) is 9.94. The molecular formula is C34H33BrN4O2. The summed E-state index contributed by atoms with van der Waals surface area (Å²) in [5.41, 5.74) is 4.19. The number of rotatable bonds is 9. The normalized spacial score (nSPS) is 11.8. The van der Waals surface area contributed by atoms with Crippen LogP contribution in [0.25, 0.3) is 16.6 Å². The smallest absolute Gasteiger partial charge is 0.314 e. The Balaban J connectivity index is 1.63. The van der Waals surface area contributed by atoms with Gasteiger partial charge in [0, 0.05) is 16.7 Å². The van der Waals surface area contributed by atoms with Crippen LogP contribution in [0.2, 0.25) is 0 Å². The van der Waals surface area contributed by atoms with E-state index in [0.717, 1.165) is 22.1 Å². The summed E-state index contributed by atoms with van der Waals surface area (Å²) in [6, 6.07) is 32.3. The Morgan fingerprint density at radius 1 is 0.902 bits per heavy atom. The molecule has 0 saturated carbocycles. The first-order valence-corrected chi connectivity index (χ1v) is 14.8. The standard InChI is InChI=1S/C34H33BrN4O2/c1-3-24-17-19-28(20-18-24)39-32(37-30-16-9-8-15-29(30)33(39)40)31(4-2)38(22-21-25-11-6-5-7-12-25)34(41)36-27-14-10-13-26(35)23-27/h5-20,23,31H,3-4,21-22H2,1-2H3,(H,36,41). The molecule has 5 rings (SSSR count). The largest absolute Gasteiger partial charge is 0.322 e. The first kappa shape index (κ1) is 28.3. The molecule has 7 heteroatoms. The summed E-state index contributed by atoms with van der Waals surface area (Å²) in [4.78, 5) is 34.9. The van der Waals surface area contributed by atoms with Crippen LogP contribution < -0.4 is 10.9 Å². The number of fused-ring (bicyclic) bond motifs is 1. The number of hydrogen-bond acceptors (Lipinski definition) is 3. The topological polar surface area (TPSA) is 67.2 Å². The predicted octanol–water partition coefficient (Wildman–Crippen LogP) is 7.94. The monoisotopic (exact) mass is 608 g/mol. The summed E-state index contributed by atoms with van der Waals surface area (Å²) in [6.45, 7) is 4.57. The molecule has 2 amide bonds. The molecule has 6 nitrogen and oxygen atoms in total. The molecule has 1 aromatic heterocycles. The van der Waals surface area contributed by atoms with Crippen molar-refractivity contribution < 1.29 is 4.79 Å². The SMILES string of the molecule is CCc1ccc(-n2c(C(CC)N(CCc3ccccc3)C(=O)Nc3cccc(Br)c3)nc3ccccc3c2=O)cc1. The van der Waals surface area contributed by atoms with Crippen LogP contribution in [0.3, 0.4) is 0 Å². The van der Waals surface area contributed by atoms with Crippen LogP contribution in [0.15, 0.2) is 112 Å². The lowest BCUT2D eigenvalue weighted by Crippen LogP contribution is -2.42. The molecule has 208 valence electrons. The number of anilines is 1. The van der Waals surface area contributed by atoms with Crippen molar-refractivity contribution in [2.75, 3.05) is 11.9 Å². The maximum Gasteiger partial charge on any atom is 0.322 e. The summed E-state index contributed by atoms with van der Waals surface area (Å²) in [6.07, 6.45) is 2.13. The molecule has 0 aliphatic rings. The van der Waals surface area contributed by atoms with Gasteiger partial charge in [0.25, 0.3) is 5.56 Å². The maximum atomic E-state index is 14.0. The van der Waals surface area contributed by atoms with E-state index in [1.807, 2.05) is 91.9 Å². The zero-order valence-electron chi connectivity index (χ0n) is 23.3. The van der Waals surface area contributed by atoms with E-state index in [0.29, 0.717) is 41.8 Å². The fourth-order valence-corrected chi connectivity index (χ4v) is 5.50. The summed E-state index contributed by atoms with van der Waals surface area (Å²) < 4.78 is 2.55. The van der Waals surface area contributed by atoms with Crippen molar-refractivity contribution in [1.29, 1.82) is 0 Å². The third-order valence-corrected chi connectivity index (χ3v) is 7.78. The molecule has 0 radical (unpaired) electrons.